The minimum atomic E-state index is -4.47. The fraction of sp³-hybridized carbons (Fsp3) is 0.538. The molecule has 106 valence electrons. The summed E-state index contributed by atoms with van der Waals surface area (Å²) in [6.07, 6.45) is -1.62. The SMILES string of the molecule is Nc1ccc(NC2CCCCC2O)cc1C(F)(F)F. The summed E-state index contributed by atoms with van der Waals surface area (Å²) in [6.45, 7) is 0. The molecule has 19 heavy (non-hydrogen) atoms. The Balaban J connectivity index is 2.17. The van der Waals surface area contributed by atoms with Crippen LogP contribution in [-0.4, -0.2) is 17.3 Å². The van der Waals surface area contributed by atoms with Gasteiger partial charge in [-0.15, -0.1) is 0 Å². The van der Waals surface area contributed by atoms with E-state index in [1.165, 1.54) is 12.1 Å². The van der Waals surface area contributed by atoms with Crippen LogP contribution in [0.4, 0.5) is 24.5 Å². The van der Waals surface area contributed by atoms with Gasteiger partial charge in [-0.1, -0.05) is 12.8 Å². The molecule has 0 bridgehead atoms. The molecule has 2 rings (SSSR count). The number of alkyl halides is 3. The number of hydrogen-bond acceptors (Lipinski definition) is 3. The number of aliphatic hydroxyl groups is 1. The second-order valence-corrected chi connectivity index (χ2v) is 4.90. The van der Waals surface area contributed by atoms with Crippen molar-refractivity contribution in [2.45, 2.75) is 44.0 Å². The zero-order valence-electron chi connectivity index (χ0n) is 10.4. The number of benzene rings is 1. The molecule has 2 unspecified atom stereocenters. The van der Waals surface area contributed by atoms with Crippen molar-refractivity contribution in [2.75, 3.05) is 11.1 Å². The highest BCUT2D eigenvalue weighted by Gasteiger charge is 2.33. The van der Waals surface area contributed by atoms with Crippen molar-refractivity contribution in [3.8, 4) is 0 Å². The van der Waals surface area contributed by atoms with Crippen molar-refractivity contribution in [1.82, 2.24) is 0 Å². The highest BCUT2D eigenvalue weighted by atomic mass is 19.4. The quantitative estimate of drug-likeness (QED) is 0.727. The number of rotatable bonds is 2. The van der Waals surface area contributed by atoms with E-state index in [1.807, 2.05) is 0 Å². The maximum Gasteiger partial charge on any atom is 0.418 e. The fourth-order valence-electron chi connectivity index (χ4n) is 2.39. The van der Waals surface area contributed by atoms with Crippen LogP contribution in [0, 0.1) is 0 Å². The third-order valence-electron chi connectivity index (χ3n) is 3.44. The largest absolute Gasteiger partial charge is 0.418 e. The van der Waals surface area contributed by atoms with Gasteiger partial charge in [0.05, 0.1) is 17.7 Å². The van der Waals surface area contributed by atoms with Crippen LogP contribution < -0.4 is 11.1 Å². The predicted molar refractivity (Wildman–Crippen MR) is 67.7 cm³/mol. The third kappa shape index (κ3) is 3.32. The predicted octanol–water partition coefficient (Wildman–Crippen LogP) is 3.00. The molecule has 0 heterocycles. The van der Waals surface area contributed by atoms with Crippen molar-refractivity contribution in [3.05, 3.63) is 23.8 Å². The molecule has 0 spiro atoms. The molecular weight excluding hydrogens is 257 g/mol. The van der Waals surface area contributed by atoms with Crippen LogP contribution in [0.25, 0.3) is 0 Å². The Labute approximate surface area is 109 Å². The molecule has 1 fully saturated rings. The van der Waals surface area contributed by atoms with Gasteiger partial charge in [0.25, 0.3) is 0 Å². The second-order valence-electron chi connectivity index (χ2n) is 4.90. The minimum absolute atomic E-state index is 0.196. The van der Waals surface area contributed by atoms with Crippen molar-refractivity contribution in [3.63, 3.8) is 0 Å². The summed E-state index contributed by atoms with van der Waals surface area (Å²) in [5.74, 6) is 0. The first-order valence-corrected chi connectivity index (χ1v) is 6.29. The van der Waals surface area contributed by atoms with E-state index in [0.717, 1.165) is 25.3 Å². The maximum absolute atomic E-state index is 12.7. The zero-order valence-corrected chi connectivity index (χ0v) is 10.4. The van der Waals surface area contributed by atoms with Gasteiger partial charge in [0.15, 0.2) is 0 Å². The lowest BCUT2D eigenvalue weighted by molar-refractivity contribution is -0.136. The van der Waals surface area contributed by atoms with Gasteiger partial charge in [-0.05, 0) is 31.0 Å². The van der Waals surface area contributed by atoms with E-state index in [2.05, 4.69) is 5.32 Å². The molecule has 0 amide bonds. The summed E-state index contributed by atoms with van der Waals surface area (Å²) in [6, 6.07) is 3.54. The van der Waals surface area contributed by atoms with Crippen molar-refractivity contribution in [1.29, 1.82) is 0 Å². The number of hydrogen-bond donors (Lipinski definition) is 3. The van der Waals surface area contributed by atoms with Gasteiger partial charge in [-0.25, -0.2) is 0 Å². The number of anilines is 2. The normalized spacial score (nSPS) is 24.2. The van der Waals surface area contributed by atoms with E-state index in [-0.39, 0.29) is 11.7 Å². The average Bonchev–Trinajstić information content (AvgIpc) is 2.33. The van der Waals surface area contributed by atoms with Crippen LogP contribution in [0.3, 0.4) is 0 Å². The standard InChI is InChI=1S/C13H17F3N2O/c14-13(15,16)9-7-8(5-6-10(9)17)18-11-3-1-2-4-12(11)19/h5-7,11-12,18-19H,1-4,17H2. The number of aliphatic hydroxyl groups excluding tert-OH is 1. The Bertz CT molecular complexity index is 448. The second kappa shape index (κ2) is 5.28. The summed E-state index contributed by atoms with van der Waals surface area (Å²) >= 11 is 0. The summed E-state index contributed by atoms with van der Waals surface area (Å²) in [7, 11) is 0. The van der Waals surface area contributed by atoms with E-state index in [0.29, 0.717) is 12.1 Å². The molecule has 1 saturated carbocycles. The van der Waals surface area contributed by atoms with E-state index in [4.69, 9.17) is 5.73 Å². The molecule has 0 radical (unpaired) electrons. The Hall–Kier alpha value is -1.43. The van der Waals surface area contributed by atoms with E-state index in [9.17, 15) is 18.3 Å². The van der Waals surface area contributed by atoms with Crippen molar-refractivity contribution < 1.29 is 18.3 Å². The molecule has 1 aromatic carbocycles. The Morgan fingerprint density at radius 1 is 1.21 bits per heavy atom. The number of halogens is 3. The molecule has 0 aliphatic heterocycles. The van der Waals surface area contributed by atoms with E-state index < -0.39 is 17.8 Å². The first kappa shape index (κ1) is 14.0. The monoisotopic (exact) mass is 274 g/mol. The molecule has 1 aromatic rings. The van der Waals surface area contributed by atoms with Crippen LogP contribution in [0.1, 0.15) is 31.2 Å². The van der Waals surface area contributed by atoms with Crippen LogP contribution in [0.2, 0.25) is 0 Å². The summed E-state index contributed by atoms with van der Waals surface area (Å²) in [5, 5.41) is 12.8. The van der Waals surface area contributed by atoms with E-state index >= 15 is 0 Å². The first-order chi connectivity index (χ1) is 8.88. The molecule has 1 aliphatic carbocycles. The topological polar surface area (TPSA) is 58.3 Å². The lowest BCUT2D eigenvalue weighted by atomic mass is 9.92. The highest BCUT2D eigenvalue weighted by molar-refractivity contribution is 5.58. The van der Waals surface area contributed by atoms with Gasteiger partial charge in [-0.3, -0.25) is 0 Å². The molecular formula is C13H17F3N2O. The van der Waals surface area contributed by atoms with Gasteiger partial charge in [0.2, 0.25) is 0 Å². The van der Waals surface area contributed by atoms with Crippen molar-refractivity contribution in [2.24, 2.45) is 0 Å². The first-order valence-electron chi connectivity index (χ1n) is 6.29. The summed E-state index contributed by atoms with van der Waals surface area (Å²) in [5.41, 5.74) is 4.54. The Morgan fingerprint density at radius 3 is 2.53 bits per heavy atom. The highest BCUT2D eigenvalue weighted by Crippen LogP contribution is 2.35. The van der Waals surface area contributed by atoms with Crippen LogP contribution in [0.15, 0.2) is 18.2 Å². The van der Waals surface area contributed by atoms with Gasteiger partial charge in [0.1, 0.15) is 0 Å². The molecule has 3 nitrogen and oxygen atoms in total. The van der Waals surface area contributed by atoms with Gasteiger partial charge in [-0.2, -0.15) is 13.2 Å². The molecule has 1 aliphatic rings. The molecule has 4 N–H and O–H groups in total. The zero-order chi connectivity index (χ0) is 14.0. The fourth-order valence-corrected chi connectivity index (χ4v) is 2.39. The Morgan fingerprint density at radius 2 is 1.89 bits per heavy atom. The molecule has 2 atom stereocenters. The van der Waals surface area contributed by atoms with Crippen molar-refractivity contribution >= 4 is 11.4 Å². The number of nitrogens with one attached hydrogen (secondary N) is 1. The lowest BCUT2D eigenvalue weighted by Crippen LogP contribution is -2.36. The minimum Gasteiger partial charge on any atom is -0.398 e. The number of nitrogens with two attached hydrogens (primary N) is 1. The Kier molecular flexibility index (Phi) is 3.89. The lowest BCUT2D eigenvalue weighted by Gasteiger charge is -2.29. The van der Waals surface area contributed by atoms with Crippen LogP contribution >= 0.6 is 0 Å². The maximum atomic E-state index is 12.7. The summed E-state index contributed by atoms with van der Waals surface area (Å²) in [4.78, 5) is 0. The van der Waals surface area contributed by atoms with E-state index in [1.54, 1.807) is 0 Å². The van der Waals surface area contributed by atoms with Gasteiger partial charge < -0.3 is 16.2 Å². The summed E-state index contributed by atoms with van der Waals surface area (Å²) < 4.78 is 38.2. The molecule has 0 aromatic heterocycles. The average molecular weight is 274 g/mol. The van der Waals surface area contributed by atoms with Crippen LogP contribution in [-0.2, 0) is 6.18 Å². The molecule has 0 saturated heterocycles. The smallest absolute Gasteiger partial charge is 0.398 e. The third-order valence-corrected chi connectivity index (χ3v) is 3.44. The number of nitrogen functional groups attached to an aromatic ring is 1. The van der Waals surface area contributed by atoms with Gasteiger partial charge in [0, 0.05) is 11.4 Å². The van der Waals surface area contributed by atoms with Crippen LogP contribution in [0.5, 0.6) is 0 Å². The van der Waals surface area contributed by atoms with Gasteiger partial charge >= 0.3 is 6.18 Å². The molecule has 6 heteroatoms.